The molecule has 0 radical (unpaired) electrons. The fraction of sp³-hybridized carbons (Fsp3) is 0.364. The molecule has 2 aromatic rings. The maximum absolute atomic E-state index is 13.7. The van der Waals surface area contributed by atoms with E-state index >= 15 is 0 Å². The molecule has 0 saturated carbocycles. The van der Waals surface area contributed by atoms with Gasteiger partial charge in [-0.1, -0.05) is 37.3 Å². The number of hydrogen-bond donors (Lipinski definition) is 1. The van der Waals surface area contributed by atoms with Gasteiger partial charge in [-0.15, -0.1) is 0 Å². The van der Waals surface area contributed by atoms with Crippen LogP contribution in [-0.2, 0) is 4.79 Å². The summed E-state index contributed by atoms with van der Waals surface area (Å²) in [6.45, 7) is 2.54. The number of benzene rings is 2. The van der Waals surface area contributed by atoms with Crippen LogP contribution in [0.2, 0.25) is 0 Å². The molecule has 0 aromatic heterocycles. The number of hydrogen-bond acceptors (Lipinski definition) is 2. The van der Waals surface area contributed by atoms with Gasteiger partial charge in [-0.25, -0.2) is 8.78 Å². The molecule has 0 spiro atoms. The highest BCUT2D eigenvalue weighted by Gasteiger charge is 2.34. The van der Waals surface area contributed by atoms with Gasteiger partial charge in [-0.3, -0.25) is 9.59 Å². The van der Waals surface area contributed by atoms with Crippen LogP contribution in [0, 0.1) is 11.6 Å². The zero-order valence-electron chi connectivity index (χ0n) is 15.8. The first-order chi connectivity index (χ1) is 13.5. The van der Waals surface area contributed by atoms with Gasteiger partial charge in [-0.2, -0.15) is 0 Å². The van der Waals surface area contributed by atoms with E-state index in [0.29, 0.717) is 12.6 Å². The lowest BCUT2D eigenvalue weighted by molar-refractivity contribution is -0.131. The Bertz CT molecular complexity index is 842. The summed E-state index contributed by atoms with van der Waals surface area (Å²) in [6.07, 6.45) is 2.74. The highest BCUT2D eigenvalue weighted by Crippen LogP contribution is 2.33. The van der Waals surface area contributed by atoms with E-state index in [0.717, 1.165) is 31.4 Å². The number of halogens is 2. The molecule has 3 rings (SSSR count). The average molecular weight is 386 g/mol. The topological polar surface area (TPSA) is 49.4 Å². The van der Waals surface area contributed by atoms with Crippen LogP contribution in [-0.4, -0.2) is 35.8 Å². The smallest absolute Gasteiger partial charge is 0.254 e. The van der Waals surface area contributed by atoms with E-state index in [1.165, 1.54) is 5.56 Å². The Labute approximate surface area is 163 Å². The van der Waals surface area contributed by atoms with E-state index in [1.54, 1.807) is 0 Å². The van der Waals surface area contributed by atoms with Gasteiger partial charge in [0.1, 0.15) is 11.6 Å². The van der Waals surface area contributed by atoms with E-state index in [9.17, 15) is 18.4 Å². The van der Waals surface area contributed by atoms with Crippen molar-refractivity contribution in [2.75, 3.05) is 13.1 Å². The van der Waals surface area contributed by atoms with Crippen molar-refractivity contribution in [3.05, 3.63) is 71.3 Å². The molecule has 2 aromatic carbocycles. The Hall–Kier alpha value is -2.76. The van der Waals surface area contributed by atoms with Crippen molar-refractivity contribution in [1.82, 2.24) is 10.2 Å². The number of carbonyl (C=O) groups is 2. The quantitative estimate of drug-likeness (QED) is 0.819. The molecule has 1 saturated heterocycles. The summed E-state index contributed by atoms with van der Waals surface area (Å²) < 4.78 is 26.7. The lowest BCUT2D eigenvalue weighted by Gasteiger charge is -2.31. The summed E-state index contributed by atoms with van der Waals surface area (Å²) in [6, 6.07) is 12.9. The van der Waals surface area contributed by atoms with E-state index in [1.807, 2.05) is 23.1 Å². The van der Waals surface area contributed by atoms with Crippen LogP contribution in [0.1, 0.15) is 48.0 Å². The molecule has 4 nitrogen and oxygen atoms in total. The molecule has 0 bridgehead atoms. The maximum Gasteiger partial charge on any atom is 0.254 e. The van der Waals surface area contributed by atoms with Gasteiger partial charge in [0.25, 0.3) is 5.91 Å². The predicted octanol–water partition coefficient (Wildman–Crippen LogP) is 3.88. The molecule has 28 heavy (non-hydrogen) atoms. The number of carbonyl (C=O) groups excluding carboxylic acids is 2. The van der Waals surface area contributed by atoms with Crippen LogP contribution in [0.4, 0.5) is 8.78 Å². The van der Waals surface area contributed by atoms with Crippen molar-refractivity contribution in [3.63, 3.8) is 0 Å². The summed E-state index contributed by atoms with van der Waals surface area (Å²) in [5.74, 6) is -2.38. The van der Waals surface area contributed by atoms with Gasteiger partial charge in [0.2, 0.25) is 5.91 Å². The molecule has 148 valence electrons. The molecule has 2 atom stereocenters. The molecule has 1 aliphatic heterocycles. The van der Waals surface area contributed by atoms with Crippen molar-refractivity contribution < 1.29 is 18.4 Å². The van der Waals surface area contributed by atoms with Crippen LogP contribution in [0.15, 0.2) is 48.5 Å². The highest BCUT2D eigenvalue weighted by molar-refractivity contribution is 5.96. The Morgan fingerprint density at radius 1 is 1.18 bits per heavy atom. The molecular formula is C22H24F2N2O2. The second-order valence-corrected chi connectivity index (χ2v) is 7.03. The maximum atomic E-state index is 13.7. The third-order valence-corrected chi connectivity index (χ3v) is 5.33. The first-order valence-corrected chi connectivity index (χ1v) is 9.59. The van der Waals surface area contributed by atoms with E-state index < -0.39 is 17.5 Å². The number of nitrogens with zero attached hydrogens (tertiary/aromatic N) is 1. The van der Waals surface area contributed by atoms with Crippen molar-refractivity contribution in [1.29, 1.82) is 0 Å². The standard InChI is InChI=1S/C22H24F2N2O2/c1-2-17(15-7-4-3-5-8-15)20-9-6-12-26(20)21(27)14-25-22(28)18-11-10-16(23)13-19(18)24/h3-5,7-8,10-11,13,17,20H,2,6,9,12,14H2,1H3,(H,25,28). The van der Waals surface area contributed by atoms with Gasteiger partial charge in [0.15, 0.2) is 0 Å². The van der Waals surface area contributed by atoms with Gasteiger partial charge < -0.3 is 10.2 Å². The summed E-state index contributed by atoms with van der Waals surface area (Å²) in [5, 5.41) is 2.46. The van der Waals surface area contributed by atoms with E-state index in [-0.39, 0.29) is 30.0 Å². The van der Waals surface area contributed by atoms with E-state index in [4.69, 9.17) is 0 Å². The fourth-order valence-electron chi connectivity index (χ4n) is 3.98. The highest BCUT2D eigenvalue weighted by atomic mass is 19.1. The Balaban J connectivity index is 1.65. The molecule has 0 aliphatic carbocycles. The van der Waals surface area contributed by atoms with Gasteiger partial charge >= 0.3 is 0 Å². The Kier molecular flexibility index (Phi) is 6.39. The van der Waals surface area contributed by atoms with Crippen molar-refractivity contribution in [3.8, 4) is 0 Å². The molecule has 6 heteroatoms. The van der Waals surface area contributed by atoms with E-state index in [2.05, 4.69) is 24.4 Å². The van der Waals surface area contributed by atoms with Gasteiger partial charge in [0, 0.05) is 24.6 Å². The minimum absolute atomic E-state index is 0.0827. The largest absolute Gasteiger partial charge is 0.343 e. The van der Waals surface area contributed by atoms with Gasteiger partial charge in [-0.05, 0) is 37.0 Å². The zero-order chi connectivity index (χ0) is 20.1. The number of amides is 2. The third-order valence-electron chi connectivity index (χ3n) is 5.33. The van der Waals surface area contributed by atoms with Crippen molar-refractivity contribution in [2.24, 2.45) is 0 Å². The monoisotopic (exact) mass is 386 g/mol. The Morgan fingerprint density at radius 2 is 1.93 bits per heavy atom. The molecule has 1 fully saturated rings. The minimum atomic E-state index is -0.945. The number of rotatable bonds is 6. The number of likely N-dealkylation sites (tertiary alicyclic amines) is 1. The Morgan fingerprint density at radius 3 is 2.61 bits per heavy atom. The summed E-state index contributed by atoms with van der Waals surface area (Å²) in [4.78, 5) is 26.7. The molecular weight excluding hydrogens is 362 g/mol. The van der Waals surface area contributed by atoms with Crippen LogP contribution in [0.3, 0.4) is 0 Å². The first kappa shape index (κ1) is 20.0. The van der Waals surface area contributed by atoms with Gasteiger partial charge in [0.05, 0.1) is 12.1 Å². The van der Waals surface area contributed by atoms with Crippen LogP contribution in [0.5, 0.6) is 0 Å². The normalized spacial score (nSPS) is 17.4. The lowest BCUT2D eigenvalue weighted by Crippen LogP contribution is -2.44. The second kappa shape index (κ2) is 8.95. The molecule has 2 unspecified atom stereocenters. The molecule has 1 aliphatic rings. The average Bonchev–Trinajstić information content (AvgIpc) is 3.17. The zero-order valence-corrected chi connectivity index (χ0v) is 15.8. The van der Waals surface area contributed by atoms with Crippen LogP contribution in [0.25, 0.3) is 0 Å². The lowest BCUT2D eigenvalue weighted by atomic mass is 9.87. The SMILES string of the molecule is CCC(c1ccccc1)C1CCCN1C(=O)CNC(=O)c1ccc(F)cc1F. The van der Waals surface area contributed by atoms with Crippen LogP contribution >= 0.6 is 0 Å². The fourth-order valence-corrected chi connectivity index (χ4v) is 3.98. The summed E-state index contributed by atoms with van der Waals surface area (Å²) in [7, 11) is 0. The minimum Gasteiger partial charge on any atom is -0.343 e. The van der Waals surface area contributed by atoms with Crippen molar-refractivity contribution >= 4 is 11.8 Å². The molecule has 1 N–H and O–H groups in total. The van der Waals surface area contributed by atoms with Crippen LogP contribution < -0.4 is 5.32 Å². The number of nitrogens with one attached hydrogen (secondary N) is 1. The predicted molar refractivity (Wildman–Crippen MR) is 103 cm³/mol. The second-order valence-electron chi connectivity index (χ2n) is 7.03. The molecule has 1 heterocycles. The van der Waals surface area contributed by atoms with Crippen molar-refractivity contribution in [2.45, 2.75) is 38.1 Å². The summed E-state index contributed by atoms with van der Waals surface area (Å²) >= 11 is 0. The first-order valence-electron chi connectivity index (χ1n) is 9.59. The third kappa shape index (κ3) is 4.38. The molecule has 2 amide bonds. The summed E-state index contributed by atoms with van der Waals surface area (Å²) in [5.41, 5.74) is 0.926.